The number of rotatable bonds is 7. The normalized spacial score (nSPS) is 17.3. The Kier molecular flexibility index (Phi) is 6.88. The third-order valence-corrected chi connectivity index (χ3v) is 4.54. The van der Waals surface area contributed by atoms with Gasteiger partial charge in [0.05, 0.1) is 12.7 Å². The summed E-state index contributed by atoms with van der Waals surface area (Å²) in [6, 6.07) is 14.5. The van der Waals surface area contributed by atoms with Crippen molar-refractivity contribution >= 4 is 5.96 Å². The van der Waals surface area contributed by atoms with Crippen LogP contribution in [0.2, 0.25) is 0 Å². The molecule has 1 fully saturated rings. The summed E-state index contributed by atoms with van der Waals surface area (Å²) >= 11 is 0. The molecule has 1 aromatic heterocycles. The molecule has 2 aromatic rings. The number of pyridine rings is 1. The predicted octanol–water partition coefficient (Wildman–Crippen LogP) is 2.99. The quantitative estimate of drug-likeness (QED) is 0.473. The zero-order valence-electron chi connectivity index (χ0n) is 15.5. The van der Waals surface area contributed by atoms with E-state index in [-0.39, 0.29) is 0 Å². The van der Waals surface area contributed by atoms with Gasteiger partial charge in [-0.05, 0) is 43.4 Å². The molecule has 1 atom stereocenters. The summed E-state index contributed by atoms with van der Waals surface area (Å²) in [5.74, 6) is 2.47. The van der Waals surface area contributed by atoms with Crippen molar-refractivity contribution in [2.24, 2.45) is 10.9 Å². The maximum absolute atomic E-state index is 5.68. The molecular formula is C21H28N4O. The van der Waals surface area contributed by atoms with Crippen LogP contribution in [0.5, 0.6) is 5.75 Å². The van der Waals surface area contributed by atoms with Crippen LogP contribution >= 0.6 is 0 Å². The molecular weight excluding hydrogens is 324 g/mol. The van der Waals surface area contributed by atoms with Crippen LogP contribution in [0, 0.1) is 5.92 Å². The topological polar surface area (TPSA) is 49.8 Å². The van der Waals surface area contributed by atoms with E-state index in [1.165, 1.54) is 12.0 Å². The summed E-state index contributed by atoms with van der Waals surface area (Å²) in [6.07, 6.45) is 5.82. The molecule has 3 rings (SSSR count). The number of hydrogen-bond donors (Lipinski definition) is 1. The Morgan fingerprint density at radius 3 is 2.92 bits per heavy atom. The Balaban J connectivity index is 1.49. The third kappa shape index (κ3) is 5.48. The van der Waals surface area contributed by atoms with Gasteiger partial charge in [0.25, 0.3) is 0 Å². The van der Waals surface area contributed by atoms with Gasteiger partial charge in [-0.15, -0.1) is 0 Å². The zero-order chi connectivity index (χ0) is 18.0. The van der Waals surface area contributed by atoms with Crippen LogP contribution in [0.3, 0.4) is 0 Å². The van der Waals surface area contributed by atoms with Crippen molar-refractivity contribution in [1.29, 1.82) is 0 Å². The van der Waals surface area contributed by atoms with Crippen LogP contribution in [-0.2, 0) is 6.42 Å². The average molecular weight is 352 g/mol. The van der Waals surface area contributed by atoms with Crippen molar-refractivity contribution in [3.05, 3.63) is 60.4 Å². The monoisotopic (exact) mass is 352 g/mol. The van der Waals surface area contributed by atoms with E-state index in [0.717, 1.165) is 37.8 Å². The van der Waals surface area contributed by atoms with E-state index in [4.69, 9.17) is 9.73 Å². The molecule has 2 heterocycles. The second-order valence-electron chi connectivity index (χ2n) is 6.56. The van der Waals surface area contributed by atoms with Crippen LogP contribution < -0.4 is 10.1 Å². The SMILES string of the molecule is CCNC(=NCCOc1cccnc1)N1CCC(Cc2ccccc2)C1. The molecule has 0 spiro atoms. The molecule has 138 valence electrons. The van der Waals surface area contributed by atoms with Gasteiger partial charge in [0.2, 0.25) is 0 Å². The molecule has 1 unspecified atom stereocenters. The summed E-state index contributed by atoms with van der Waals surface area (Å²) in [7, 11) is 0. The van der Waals surface area contributed by atoms with Crippen molar-refractivity contribution in [1.82, 2.24) is 15.2 Å². The predicted molar refractivity (Wildman–Crippen MR) is 106 cm³/mol. The molecule has 5 heteroatoms. The van der Waals surface area contributed by atoms with Crippen molar-refractivity contribution in [2.45, 2.75) is 19.8 Å². The van der Waals surface area contributed by atoms with Crippen LogP contribution in [-0.4, -0.2) is 48.6 Å². The maximum atomic E-state index is 5.68. The van der Waals surface area contributed by atoms with Crippen LogP contribution in [0.25, 0.3) is 0 Å². The molecule has 0 radical (unpaired) electrons. The molecule has 0 bridgehead atoms. The first kappa shape index (κ1) is 18.2. The summed E-state index contributed by atoms with van der Waals surface area (Å²) in [6.45, 7) is 6.30. The second-order valence-corrected chi connectivity index (χ2v) is 6.56. The fourth-order valence-corrected chi connectivity index (χ4v) is 3.31. The van der Waals surface area contributed by atoms with E-state index in [2.05, 4.69) is 52.5 Å². The lowest BCUT2D eigenvalue weighted by Gasteiger charge is -2.21. The van der Waals surface area contributed by atoms with Crippen LogP contribution in [0.4, 0.5) is 0 Å². The van der Waals surface area contributed by atoms with Crippen molar-refractivity contribution < 1.29 is 4.74 Å². The molecule has 26 heavy (non-hydrogen) atoms. The number of aliphatic imine (C=N–C) groups is 1. The molecule has 1 aliphatic rings. The minimum absolute atomic E-state index is 0.557. The van der Waals surface area contributed by atoms with Gasteiger partial charge < -0.3 is 15.0 Å². The molecule has 0 saturated carbocycles. The Morgan fingerprint density at radius 1 is 1.27 bits per heavy atom. The third-order valence-electron chi connectivity index (χ3n) is 4.54. The van der Waals surface area contributed by atoms with Gasteiger partial charge in [-0.25, -0.2) is 4.99 Å². The van der Waals surface area contributed by atoms with Crippen molar-refractivity contribution in [3.63, 3.8) is 0 Å². The number of hydrogen-bond acceptors (Lipinski definition) is 3. The number of likely N-dealkylation sites (tertiary alicyclic amines) is 1. The zero-order valence-corrected chi connectivity index (χ0v) is 15.5. The summed E-state index contributed by atoms with van der Waals surface area (Å²) in [4.78, 5) is 11.2. The van der Waals surface area contributed by atoms with E-state index in [0.29, 0.717) is 19.1 Å². The van der Waals surface area contributed by atoms with Crippen LogP contribution in [0.15, 0.2) is 59.9 Å². The number of ether oxygens (including phenoxy) is 1. The molecule has 1 aromatic carbocycles. The van der Waals surface area contributed by atoms with E-state index in [1.807, 2.05) is 12.1 Å². The molecule has 1 saturated heterocycles. The van der Waals surface area contributed by atoms with E-state index >= 15 is 0 Å². The number of nitrogens with zero attached hydrogens (tertiary/aromatic N) is 3. The molecule has 0 aliphatic carbocycles. The Hall–Kier alpha value is -2.56. The standard InChI is InChI=1S/C21H28N4O/c1-2-23-21(24-12-14-26-20-9-6-11-22-16-20)25-13-10-19(17-25)15-18-7-4-3-5-8-18/h3-9,11,16,19H,2,10,12-15,17H2,1H3,(H,23,24). The number of aromatic nitrogens is 1. The second kappa shape index (κ2) is 9.80. The average Bonchev–Trinajstić information content (AvgIpc) is 3.14. The number of nitrogens with one attached hydrogen (secondary N) is 1. The van der Waals surface area contributed by atoms with E-state index in [1.54, 1.807) is 12.4 Å². The first-order chi connectivity index (χ1) is 12.8. The summed E-state index contributed by atoms with van der Waals surface area (Å²) < 4.78 is 5.68. The first-order valence-corrected chi connectivity index (χ1v) is 9.45. The molecule has 0 amide bonds. The van der Waals surface area contributed by atoms with Gasteiger partial charge >= 0.3 is 0 Å². The van der Waals surface area contributed by atoms with Gasteiger partial charge in [-0.2, -0.15) is 0 Å². The minimum atomic E-state index is 0.557. The Labute approximate surface area is 156 Å². The molecule has 1 N–H and O–H groups in total. The fourth-order valence-electron chi connectivity index (χ4n) is 3.31. The summed E-state index contributed by atoms with van der Waals surface area (Å²) in [5.41, 5.74) is 1.42. The largest absolute Gasteiger partial charge is 0.490 e. The first-order valence-electron chi connectivity index (χ1n) is 9.45. The molecule has 1 aliphatic heterocycles. The van der Waals surface area contributed by atoms with Crippen LogP contribution in [0.1, 0.15) is 18.9 Å². The number of benzene rings is 1. The highest BCUT2D eigenvalue weighted by atomic mass is 16.5. The highest BCUT2D eigenvalue weighted by Gasteiger charge is 2.24. The summed E-state index contributed by atoms with van der Waals surface area (Å²) in [5, 5.41) is 3.42. The highest BCUT2D eigenvalue weighted by molar-refractivity contribution is 5.80. The Bertz CT molecular complexity index is 675. The van der Waals surface area contributed by atoms with Gasteiger partial charge in [0.1, 0.15) is 12.4 Å². The maximum Gasteiger partial charge on any atom is 0.194 e. The Morgan fingerprint density at radius 2 is 2.15 bits per heavy atom. The lowest BCUT2D eigenvalue weighted by atomic mass is 9.99. The fraction of sp³-hybridized carbons (Fsp3) is 0.429. The molecule has 5 nitrogen and oxygen atoms in total. The van der Waals surface area contributed by atoms with Crippen molar-refractivity contribution in [2.75, 3.05) is 32.8 Å². The minimum Gasteiger partial charge on any atom is -0.490 e. The highest BCUT2D eigenvalue weighted by Crippen LogP contribution is 2.20. The van der Waals surface area contributed by atoms with Crippen molar-refractivity contribution in [3.8, 4) is 5.75 Å². The van der Waals surface area contributed by atoms with Gasteiger partial charge in [0, 0.05) is 25.8 Å². The lowest BCUT2D eigenvalue weighted by Crippen LogP contribution is -2.40. The van der Waals surface area contributed by atoms with Gasteiger partial charge in [0.15, 0.2) is 5.96 Å². The van der Waals surface area contributed by atoms with E-state index < -0.39 is 0 Å². The van der Waals surface area contributed by atoms with Gasteiger partial charge in [-0.1, -0.05) is 30.3 Å². The van der Waals surface area contributed by atoms with E-state index in [9.17, 15) is 0 Å². The smallest absolute Gasteiger partial charge is 0.194 e. The van der Waals surface area contributed by atoms with Gasteiger partial charge in [-0.3, -0.25) is 4.98 Å². The lowest BCUT2D eigenvalue weighted by molar-refractivity contribution is 0.326. The number of guanidine groups is 1.